The van der Waals surface area contributed by atoms with Crippen LogP contribution in [0, 0.1) is 0 Å². The topological polar surface area (TPSA) is 108 Å². The molecule has 126 heavy (non-hydrogen) atoms. The molecule has 0 N–H and O–H groups in total. The van der Waals surface area contributed by atoms with Gasteiger partial charge in [-0.2, -0.15) is 0 Å². The lowest BCUT2D eigenvalue weighted by Crippen LogP contribution is -2.17. The van der Waals surface area contributed by atoms with Crippen LogP contribution in [0.1, 0.15) is 74.9 Å². The van der Waals surface area contributed by atoms with Crippen LogP contribution >= 0.6 is 22.7 Å². The van der Waals surface area contributed by atoms with Gasteiger partial charge in [0.1, 0.15) is 0 Å². The third-order valence-electron chi connectivity index (χ3n) is 25.9. The number of benzene rings is 14. The van der Waals surface area contributed by atoms with Gasteiger partial charge in [-0.1, -0.05) is 339 Å². The van der Waals surface area contributed by atoms with Crippen LogP contribution in [0.3, 0.4) is 0 Å². The molecule has 0 bridgehead atoms. The predicted octanol–water partition coefficient (Wildman–Crippen LogP) is 30.0. The Labute approximate surface area is 738 Å². The number of rotatable bonds is 10. The fourth-order valence-corrected chi connectivity index (χ4v) is 22.3. The highest BCUT2D eigenvalue weighted by molar-refractivity contribution is 7.26. The zero-order valence-corrected chi connectivity index (χ0v) is 71.8. The summed E-state index contributed by atoms with van der Waals surface area (Å²) in [5.74, 6) is 2.17. The SMILES string of the molecule is CC1(C)c2ccccc2-c2nc(-c3cccc(-c4cccc5c4sc4ccccc45)c3)nc(-c3ccc(-c4ccccc4)cc3)c21.CC1(C)c2ccccc2-c2nc(-c3cccc(-c4cccc5c4sc4ccccc45)c3)nc(-c3ccccn3)c21.CC1(C)c2ccccc2-c2nc(-c3cccc(-n4c5ccccc5c5ccccc54)c3)nc(-c3ccccn3)c21. The Morgan fingerprint density at radius 2 is 0.556 bits per heavy atom. The largest absolute Gasteiger partial charge is 0.309 e. The van der Waals surface area contributed by atoms with E-state index in [0.717, 1.165) is 96.3 Å². The molecule has 0 saturated heterocycles. The van der Waals surface area contributed by atoms with E-state index in [9.17, 15) is 0 Å². The second-order valence-corrected chi connectivity index (χ2v) is 36.5. The summed E-state index contributed by atoms with van der Waals surface area (Å²) in [6.07, 6.45) is 3.67. The van der Waals surface area contributed by atoms with Crippen LogP contribution in [0.25, 0.3) is 203 Å². The second kappa shape index (κ2) is 30.1. The van der Waals surface area contributed by atoms with Gasteiger partial charge < -0.3 is 4.57 Å². The molecule has 8 aromatic heterocycles. The summed E-state index contributed by atoms with van der Waals surface area (Å²) in [5, 5.41) is 7.71. The minimum atomic E-state index is -0.234. The lowest BCUT2D eigenvalue weighted by molar-refractivity contribution is 0.657. The normalized spacial score (nSPS) is 13.3. The van der Waals surface area contributed by atoms with E-state index >= 15 is 0 Å². The van der Waals surface area contributed by atoms with E-state index in [-0.39, 0.29) is 16.2 Å². The van der Waals surface area contributed by atoms with Crippen molar-refractivity contribution in [3.63, 3.8) is 0 Å². The van der Waals surface area contributed by atoms with E-state index in [1.807, 2.05) is 71.5 Å². The van der Waals surface area contributed by atoms with Gasteiger partial charge in [0.25, 0.3) is 0 Å². The van der Waals surface area contributed by atoms with Crippen LogP contribution in [0.15, 0.2) is 382 Å². The summed E-state index contributed by atoms with van der Waals surface area (Å²) < 4.78 is 7.57. The standard InChI is InChI=1S/C43H30N2S.C36H26N4.C36H25N3S/c1-43(2)36-20-8-6-17-35(36)40-38(43)39(29-24-22-28(23-25-29)27-12-4-3-5-13-27)44-42(45-40)31-15-10-14-30(26-31)32-18-11-19-34-33-16-7-9-21-37(33)46-41(32)34;1-36(2)28-17-6-3-16-27(28)33-32(36)34(29-18-9-10-21-37-29)39-35(38-33)23-12-11-13-24(22-23)40-30-19-7-4-14-25(30)26-15-5-8-20-31(26)40;1-36(2)28-17-5-3-14-27(28)32-31(36)33(29-18-7-8-20-37-29)39-35(38-32)23-12-9-11-22(21-23)24-15-10-16-26-25-13-4-6-19-30(25)40-34(24)26/h3-26H,1-2H3;3-22H,1-2H3;3-21H,1-2H3. The Morgan fingerprint density at radius 1 is 0.230 bits per heavy atom. The van der Waals surface area contributed by atoms with Crippen molar-refractivity contribution in [1.82, 2.24) is 44.4 Å². The Balaban J connectivity index is 0.000000109. The first-order valence-electron chi connectivity index (χ1n) is 42.9. The number of thiophene rings is 2. The van der Waals surface area contributed by atoms with Crippen molar-refractivity contribution in [2.24, 2.45) is 0 Å². The highest BCUT2D eigenvalue weighted by Crippen LogP contribution is 2.56. The maximum atomic E-state index is 5.39. The molecule has 0 atom stereocenters. The van der Waals surface area contributed by atoms with Gasteiger partial charge in [0, 0.05) is 141 Å². The van der Waals surface area contributed by atoms with Gasteiger partial charge in [0.05, 0.1) is 56.6 Å². The molecule has 8 heterocycles. The summed E-state index contributed by atoms with van der Waals surface area (Å²) in [7, 11) is 0. The van der Waals surface area contributed by atoms with Crippen LogP contribution in [-0.2, 0) is 16.2 Å². The van der Waals surface area contributed by atoms with Gasteiger partial charge >= 0.3 is 0 Å². The minimum Gasteiger partial charge on any atom is -0.309 e. The Kier molecular flexibility index (Phi) is 18.1. The van der Waals surface area contributed by atoms with E-state index in [4.69, 9.17) is 39.9 Å². The van der Waals surface area contributed by atoms with Crippen LogP contribution in [0.5, 0.6) is 0 Å². The van der Waals surface area contributed by atoms with E-state index in [1.165, 1.54) is 134 Å². The molecule has 25 rings (SSSR count). The van der Waals surface area contributed by atoms with Gasteiger partial charge in [-0.25, -0.2) is 29.9 Å². The molecule has 598 valence electrons. The Morgan fingerprint density at radius 3 is 1.02 bits per heavy atom. The van der Waals surface area contributed by atoms with Crippen molar-refractivity contribution in [3.8, 4) is 141 Å². The highest BCUT2D eigenvalue weighted by atomic mass is 32.1. The number of pyridine rings is 2. The molecule has 0 amide bonds. The monoisotopic (exact) mass is 1650 g/mol. The molecule has 0 radical (unpaired) electrons. The molecule has 9 nitrogen and oxygen atoms in total. The van der Waals surface area contributed by atoms with Gasteiger partial charge in [0.15, 0.2) is 17.5 Å². The van der Waals surface area contributed by atoms with Crippen molar-refractivity contribution in [3.05, 3.63) is 416 Å². The molecular formula is C115H81N9S2. The van der Waals surface area contributed by atoms with E-state index in [2.05, 4.69) is 380 Å². The van der Waals surface area contributed by atoms with Gasteiger partial charge in [-0.05, 0) is 123 Å². The average molecular weight is 1650 g/mol. The van der Waals surface area contributed by atoms with Crippen molar-refractivity contribution >= 4 is 84.8 Å². The third kappa shape index (κ3) is 12.5. The number of hydrogen-bond donors (Lipinski definition) is 0. The predicted molar refractivity (Wildman–Crippen MR) is 523 cm³/mol. The van der Waals surface area contributed by atoms with E-state index in [1.54, 1.807) is 0 Å². The molecule has 11 heteroatoms. The number of hydrogen-bond acceptors (Lipinski definition) is 10. The lowest BCUT2D eigenvalue weighted by Gasteiger charge is -2.24. The summed E-state index contributed by atoms with van der Waals surface area (Å²) in [4.78, 5) is 41.1. The van der Waals surface area contributed by atoms with Crippen LogP contribution in [-0.4, -0.2) is 44.4 Å². The Hall–Kier alpha value is -15.1. The molecular weight excluding hydrogens is 1570 g/mol. The average Bonchev–Trinajstić information content (AvgIpc) is 1.57. The molecule has 0 aliphatic heterocycles. The molecule has 22 aromatic rings. The lowest BCUT2D eigenvalue weighted by atomic mass is 9.80. The Bertz CT molecular complexity index is 8060. The van der Waals surface area contributed by atoms with Crippen molar-refractivity contribution in [2.75, 3.05) is 0 Å². The molecule has 0 saturated carbocycles. The summed E-state index contributed by atoms with van der Waals surface area (Å²) in [6.45, 7) is 13.6. The van der Waals surface area contributed by atoms with Crippen molar-refractivity contribution in [2.45, 2.75) is 57.8 Å². The molecule has 14 aromatic carbocycles. The van der Waals surface area contributed by atoms with Gasteiger partial charge in [-0.15, -0.1) is 22.7 Å². The summed E-state index contributed by atoms with van der Waals surface area (Å²) in [5.41, 5.74) is 32.5. The second-order valence-electron chi connectivity index (χ2n) is 34.4. The maximum absolute atomic E-state index is 5.39. The fraction of sp³-hybridized carbons (Fsp3) is 0.0783. The number of aromatic nitrogens is 9. The van der Waals surface area contributed by atoms with Gasteiger partial charge in [0.2, 0.25) is 0 Å². The number of nitrogens with zero attached hydrogens (tertiary/aromatic N) is 9. The van der Waals surface area contributed by atoms with Crippen LogP contribution in [0.4, 0.5) is 0 Å². The van der Waals surface area contributed by atoms with E-state index in [0.29, 0.717) is 5.82 Å². The van der Waals surface area contributed by atoms with E-state index < -0.39 is 0 Å². The van der Waals surface area contributed by atoms with Crippen molar-refractivity contribution < 1.29 is 0 Å². The molecule has 3 aliphatic rings. The first-order chi connectivity index (χ1) is 61.8. The first kappa shape index (κ1) is 75.8. The zero-order chi connectivity index (χ0) is 84.5. The van der Waals surface area contributed by atoms with Crippen LogP contribution in [0.2, 0.25) is 0 Å². The smallest absolute Gasteiger partial charge is 0.160 e. The first-order valence-corrected chi connectivity index (χ1v) is 44.6. The maximum Gasteiger partial charge on any atom is 0.160 e. The summed E-state index contributed by atoms with van der Waals surface area (Å²) >= 11 is 3.71. The zero-order valence-electron chi connectivity index (χ0n) is 70.2. The molecule has 3 aliphatic carbocycles. The quantitative estimate of drug-likeness (QED) is 0.133. The molecule has 0 fully saturated rings. The highest BCUT2D eigenvalue weighted by Gasteiger charge is 2.44. The third-order valence-corrected chi connectivity index (χ3v) is 28.3. The number of para-hydroxylation sites is 2. The molecule has 0 unspecified atom stereocenters. The minimum absolute atomic E-state index is 0.226. The van der Waals surface area contributed by atoms with Gasteiger partial charge in [-0.3, -0.25) is 9.97 Å². The van der Waals surface area contributed by atoms with Crippen molar-refractivity contribution in [1.29, 1.82) is 0 Å². The number of fused-ring (bicyclic) bond motifs is 18. The molecule has 0 spiro atoms. The van der Waals surface area contributed by atoms with Crippen LogP contribution < -0.4 is 0 Å². The fourth-order valence-electron chi connectivity index (χ4n) is 19.9. The summed E-state index contributed by atoms with van der Waals surface area (Å²) in [6, 6.07) is 131.